The fourth-order valence-corrected chi connectivity index (χ4v) is 4.50. The van der Waals surface area contributed by atoms with Crippen LogP contribution in [0.1, 0.15) is 17.8 Å². The first-order valence-corrected chi connectivity index (χ1v) is 12.6. The number of aryl methyl sites for hydroxylation is 1. The number of nitrogens with zero attached hydrogens (tertiary/aromatic N) is 6. The third-order valence-corrected chi connectivity index (χ3v) is 6.39. The molecule has 1 fully saturated rings. The highest BCUT2D eigenvalue weighted by atomic mass is 35.5. The lowest BCUT2D eigenvalue weighted by molar-refractivity contribution is 0.122. The monoisotopic (exact) mass is 503 g/mol. The molecular weight excluding hydrogens is 474 g/mol. The second-order valence-electron chi connectivity index (χ2n) is 8.81. The largest absolute Gasteiger partial charge is 0.384 e. The third kappa shape index (κ3) is 6.01. The minimum absolute atomic E-state index is 0.677. The Labute approximate surface area is 216 Å². The van der Waals surface area contributed by atoms with Crippen molar-refractivity contribution in [3.63, 3.8) is 0 Å². The summed E-state index contributed by atoms with van der Waals surface area (Å²) in [6, 6.07) is 15.9. The summed E-state index contributed by atoms with van der Waals surface area (Å²) in [7, 11) is 0. The van der Waals surface area contributed by atoms with E-state index in [0.29, 0.717) is 24.8 Å². The van der Waals surface area contributed by atoms with Crippen molar-refractivity contribution in [2.24, 2.45) is 0 Å². The number of anilines is 3. The van der Waals surface area contributed by atoms with Crippen molar-refractivity contribution in [2.45, 2.75) is 19.9 Å². The zero-order valence-electron chi connectivity index (χ0n) is 20.4. The Kier molecular flexibility index (Phi) is 7.73. The van der Waals surface area contributed by atoms with Crippen molar-refractivity contribution in [3.05, 3.63) is 77.3 Å². The lowest BCUT2D eigenvalue weighted by Crippen LogP contribution is -2.38. The quantitative estimate of drug-likeness (QED) is 0.328. The lowest BCUT2D eigenvalue weighted by atomic mass is 10.2. The normalized spacial score (nSPS) is 13.7. The second kappa shape index (κ2) is 11.5. The van der Waals surface area contributed by atoms with Gasteiger partial charge in [-0.2, -0.15) is 4.98 Å². The second-order valence-corrected chi connectivity index (χ2v) is 9.25. The summed E-state index contributed by atoms with van der Waals surface area (Å²) >= 11 is 6.14. The molecule has 4 aromatic rings. The summed E-state index contributed by atoms with van der Waals surface area (Å²) in [6.07, 6.45) is 4.56. The van der Waals surface area contributed by atoms with Gasteiger partial charge in [-0.1, -0.05) is 17.7 Å². The molecular formula is C27H30ClN7O. The number of rotatable bonds is 9. The highest BCUT2D eigenvalue weighted by Gasteiger charge is 2.18. The van der Waals surface area contributed by atoms with Gasteiger partial charge in [-0.05, 0) is 49.7 Å². The van der Waals surface area contributed by atoms with Crippen molar-refractivity contribution in [3.8, 4) is 0 Å². The van der Waals surface area contributed by atoms with Crippen molar-refractivity contribution >= 4 is 40.0 Å². The first-order chi connectivity index (χ1) is 17.7. The maximum Gasteiger partial charge on any atom is 0.227 e. The summed E-state index contributed by atoms with van der Waals surface area (Å²) in [5, 5.41) is 5.32. The fourth-order valence-electron chi connectivity index (χ4n) is 4.33. The number of pyridine rings is 2. The van der Waals surface area contributed by atoms with Crippen LogP contribution in [0.25, 0.3) is 10.9 Å². The molecule has 9 heteroatoms. The Morgan fingerprint density at radius 1 is 1.03 bits per heavy atom. The molecule has 4 heterocycles. The van der Waals surface area contributed by atoms with Gasteiger partial charge in [0.1, 0.15) is 5.82 Å². The Morgan fingerprint density at radius 3 is 2.75 bits per heavy atom. The topological polar surface area (TPSA) is 79.3 Å². The summed E-state index contributed by atoms with van der Waals surface area (Å²) in [5.74, 6) is 1.68. The van der Waals surface area contributed by atoms with E-state index in [0.717, 1.165) is 72.3 Å². The molecule has 5 rings (SSSR count). The van der Waals surface area contributed by atoms with Crippen LogP contribution in [0.2, 0.25) is 5.02 Å². The van der Waals surface area contributed by atoms with E-state index < -0.39 is 0 Å². The SMILES string of the molecule is Cc1cc(N(CCCNc2ccnc3cc(Cl)ccc23)Cc2ccccn2)nc(N2CCOCC2)n1. The average Bonchev–Trinajstić information content (AvgIpc) is 2.91. The maximum absolute atomic E-state index is 6.14. The molecule has 0 spiro atoms. The Hall–Kier alpha value is -3.49. The molecule has 0 aliphatic carbocycles. The highest BCUT2D eigenvalue weighted by Crippen LogP contribution is 2.25. The predicted octanol–water partition coefficient (Wildman–Crippen LogP) is 4.73. The summed E-state index contributed by atoms with van der Waals surface area (Å²) < 4.78 is 5.51. The van der Waals surface area contributed by atoms with E-state index in [1.807, 2.05) is 55.7 Å². The van der Waals surface area contributed by atoms with Crippen molar-refractivity contribution < 1.29 is 4.74 Å². The van der Waals surface area contributed by atoms with Crippen LogP contribution in [-0.4, -0.2) is 59.3 Å². The summed E-state index contributed by atoms with van der Waals surface area (Å²) in [6.45, 7) is 7.33. The van der Waals surface area contributed by atoms with Gasteiger partial charge >= 0.3 is 0 Å². The van der Waals surface area contributed by atoms with Gasteiger partial charge in [0.05, 0.1) is 31.0 Å². The number of aromatic nitrogens is 4. The standard InChI is InChI=1S/C27H30ClN7O/c1-20-17-26(33-27(32-20)34-13-15-36-16-14-34)35(19-22-5-2-3-9-29-22)12-4-10-30-24-8-11-31-25-18-21(28)6-7-23(24)25/h2-3,5-9,11,17-18H,4,10,12-16,19H2,1H3,(H,30,31). The molecule has 0 amide bonds. The molecule has 0 unspecified atom stereocenters. The van der Waals surface area contributed by atoms with Gasteiger partial charge in [0.25, 0.3) is 0 Å². The van der Waals surface area contributed by atoms with Crippen molar-refractivity contribution in [2.75, 3.05) is 54.5 Å². The van der Waals surface area contributed by atoms with E-state index in [1.165, 1.54) is 0 Å². The third-order valence-electron chi connectivity index (χ3n) is 6.15. The van der Waals surface area contributed by atoms with Crippen LogP contribution >= 0.6 is 11.6 Å². The molecule has 1 aliphatic rings. The average molecular weight is 504 g/mol. The Bertz CT molecular complexity index is 1300. The molecule has 1 N–H and O–H groups in total. The van der Waals surface area contributed by atoms with Gasteiger partial charge < -0.3 is 19.9 Å². The van der Waals surface area contributed by atoms with Crippen LogP contribution in [0.3, 0.4) is 0 Å². The van der Waals surface area contributed by atoms with Crippen LogP contribution in [0.5, 0.6) is 0 Å². The number of hydrogen-bond donors (Lipinski definition) is 1. The number of hydrogen-bond acceptors (Lipinski definition) is 8. The van der Waals surface area contributed by atoms with Gasteiger partial charge in [-0.3, -0.25) is 9.97 Å². The molecule has 0 bridgehead atoms. The summed E-state index contributed by atoms with van der Waals surface area (Å²) in [4.78, 5) is 23.1. The fraction of sp³-hybridized carbons (Fsp3) is 0.333. The molecule has 0 atom stereocenters. The van der Waals surface area contributed by atoms with Crippen molar-refractivity contribution in [1.29, 1.82) is 0 Å². The van der Waals surface area contributed by atoms with E-state index in [9.17, 15) is 0 Å². The van der Waals surface area contributed by atoms with Gasteiger partial charge in [0.15, 0.2) is 0 Å². The minimum atomic E-state index is 0.677. The van der Waals surface area contributed by atoms with Crippen molar-refractivity contribution in [1.82, 2.24) is 19.9 Å². The van der Waals surface area contributed by atoms with E-state index in [4.69, 9.17) is 26.3 Å². The summed E-state index contributed by atoms with van der Waals surface area (Å²) in [5.41, 5.74) is 3.90. The van der Waals surface area contributed by atoms with Gasteiger partial charge in [0, 0.05) is 66.4 Å². The van der Waals surface area contributed by atoms with Crippen LogP contribution in [0.15, 0.2) is 60.9 Å². The smallest absolute Gasteiger partial charge is 0.227 e. The molecule has 1 saturated heterocycles. The van der Waals surface area contributed by atoms with Crippen LogP contribution in [0, 0.1) is 6.92 Å². The van der Waals surface area contributed by atoms with Crippen LogP contribution in [-0.2, 0) is 11.3 Å². The Balaban J connectivity index is 1.31. The Morgan fingerprint density at radius 2 is 1.92 bits per heavy atom. The number of halogens is 1. The minimum Gasteiger partial charge on any atom is -0.384 e. The van der Waals surface area contributed by atoms with Gasteiger partial charge in [-0.15, -0.1) is 0 Å². The molecule has 186 valence electrons. The first kappa shape index (κ1) is 24.2. The van der Waals surface area contributed by atoms with E-state index in [-0.39, 0.29) is 0 Å². The number of fused-ring (bicyclic) bond motifs is 1. The van der Waals surface area contributed by atoms with Gasteiger partial charge in [0.2, 0.25) is 5.95 Å². The number of morpholine rings is 1. The molecule has 3 aromatic heterocycles. The zero-order chi connectivity index (χ0) is 24.7. The van der Waals surface area contributed by atoms with Crippen LogP contribution < -0.4 is 15.1 Å². The van der Waals surface area contributed by atoms with E-state index >= 15 is 0 Å². The van der Waals surface area contributed by atoms with E-state index in [2.05, 4.69) is 37.2 Å². The zero-order valence-corrected chi connectivity index (χ0v) is 21.2. The molecule has 0 radical (unpaired) electrons. The first-order valence-electron chi connectivity index (χ1n) is 12.3. The molecule has 8 nitrogen and oxygen atoms in total. The molecule has 1 aromatic carbocycles. The molecule has 0 saturated carbocycles. The predicted molar refractivity (Wildman–Crippen MR) is 145 cm³/mol. The van der Waals surface area contributed by atoms with E-state index in [1.54, 1.807) is 0 Å². The highest BCUT2D eigenvalue weighted by molar-refractivity contribution is 6.31. The molecule has 36 heavy (non-hydrogen) atoms. The number of ether oxygens (including phenoxy) is 1. The van der Waals surface area contributed by atoms with Gasteiger partial charge in [-0.25, -0.2) is 4.98 Å². The maximum atomic E-state index is 6.14. The number of benzene rings is 1. The lowest BCUT2D eigenvalue weighted by Gasteiger charge is -2.29. The van der Waals surface area contributed by atoms with Crippen LogP contribution in [0.4, 0.5) is 17.5 Å². The molecule has 1 aliphatic heterocycles. The number of nitrogens with one attached hydrogen (secondary N) is 1.